The van der Waals surface area contributed by atoms with E-state index in [9.17, 15) is 15.5 Å². The number of rotatable bonds is 11. The van der Waals surface area contributed by atoms with Crippen molar-refractivity contribution < 1.29 is 4.79 Å². The number of amidine groups is 1. The van der Waals surface area contributed by atoms with Gasteiger partial charge in [0.2, 0.25) is 0 Å². The van der Waals surface area contributed by atoms with E-state index in [1.165, 1.54) is 5.56 Å². The fourth-order valence-corrected chi connectivity index (χ4v) is 7.38. The van der Waals surface area contributed by atoms with Crippen molar-refractivity contribution in [3.8, 4) is 6.07 Å². The lowest BCUT2D eigenvalue weighted by atomic mass is 9.68. The lowest BCUT2D eigenvalue weighted by molar-refractivity contribution is 0.0827. The third kappa shape index (κ3) is 6.11. The van der Waals surface area contributed by atoms with E-state index < -0.39 is 5.41 Å². The maximum Gasteiger partial charge on any atom is 0.253 e. The highest BCUT2D eigenvalue weighted by Gasteiger charge is 2.52. The number of hydrogen-bond donors (Lipinski definition) is 3. The summed E-state index contributed by atoms with van der Waals surface area (Å²) in [5.41, 5.74) is 7.35. The quantitative estimate of drug-likeness (QED) is 0.194. The molecule has 1 aliphatic heterocycles. The van der Waals surface area contributed by atoms with Crippen LogP contribution < -0.4 is 10.6 Å². The molecule has 238 valence electrons. The Morgan fingerprint density at radius 2 is 1.67 bits per heavy atom. The smallest absolute Gasteiger partial charge is 0.253 e. The van der Waals surface area contributed by atoms with Crippen molar-refractivity contribution in [2.45, 2.75) is 69.5 Å². The zero-order valence-corrected chi connectivity index (χ0v) is 27.8. The maximum absolute atomic E-state index is 13.0. The number of benzene rings is 2. The molecule has 8 heteroatoms. The molecule has 2 aliphatic carbocycles. The topological polar surface area (TPSA) is 98.5 Å². The van der Waals surface area contributed by atoms with Gasteiger partial charge in [-0.2, -0.15) is 5.26 Å². The summed E-state index contributed by atoms with van der Waals surface area (Å²) in [6, 6.07) is 15.5. The molecule has 0 radical (unpaired) electrons. The van der Waals surface area contributed by atoms with Crippen LogP contribution in [-0.4, -0.2) is 85.8 Å². The summed E-state index contributed by atoms with van der Waals surface area (Å²) in [5, 5.41) is 26.5. The second-order valence-electron chi connectivity index (χ2n) is 13.7. The van der Waals surface area contributed by atoms with Crippen LogP contribution in [0.25, 0.3) is 5.70 Å². The average molecular weight is 608 g/mol. The van der Waals surface area contributed by atoms with Gasteiger partial charge in [-0.1, -0.05) is 31.4 Å². The molecule has 1 amide bonds. The summed E-state index contributed by atoms with van der Waals surface area (Å²) in [6.07, 6.45) is 4.30. The summed E-state index contributed by atoms with van der Waals surface area (Å²) in [4.78, 5) is 18.9. The van der Waals surface area contributed by atoms with Gasteiger partial charge in [-0.15, -0.1) is 0 Å². The molecular formula is C37H49N7O. The molecule has 1 saturated carbocycles. The number of likely N-dealkylation sites (tertiary alicyclic amines) is 1. The van der Waals surface area contributed by atoms with Gasteiger partial charge in [0, 0.05) is 63.8 Å². The molecule has 2 fully saturated rings. The van der Waals surface area contributed by atoms with E-state index in [-0.39, 0.29) is 18.0 Å². The molecule has 0 spiro atoms. The number of nitriles is 1. The van der Waals surface area contributed by atoms with E-state index in [1.807, 2.05) is 31.1 Å². The van der Waals surface area contributed by atoms with Gasteiger partial charge in [-0.05, 0) is 104 Å². The third-order valence-corrected chi connectivity index (χ3v) is 9.80. The van der Waals surface area contributed by atoms with E-state index in [2.05, 4.69) is 72.9 Å². The Labute approximate surface area is 269 Å². The van der Waals surface area contributed by atoms with Crippen molar-refractivity contribution in [3.05, 3.63) is 88.6 Å². The minimum absolute atomic E-state index is 0.0271. The highest BCUT2D eigenvalue weighted by atomic mass is 16.2. The van der Waals surface area contributed by atoms with Gasteiger partial charge in [0.15, 0.2) is 0 Å². The van der Waals surface area contributed by atoms with Crippen LogP contribution in [0.4, 0.5) is 0 Å². The number of aryl methyl sites for hydroxylation is 2. The van der Waals surface area contributed by atoms with Crippen molar-refractivity contribution in [1.82, 2.24) is 25.3 Å². The molecule has 8 nitrogen and oxygen atoms in total. The number of hydrogen-bond acceptors (Lipinski definition) is 6. The predicted molar refractivity (Wildman–Crippen MR) is 182 cm³/mol. The van der Waals surface area contributed by atoms with Crippen LogP contribution in [0.1, 0.15) is 71.3 Å². The first-order valence-electron chi connectivity index (χ1n) is 16.2. The van der Waals surface area contributed by atoms with Gasteiger partial charge < -0.3 is 25.3 Å². The fourth-order valence-electron chi connectivity index (χ4n) is 7.38. The Bertz CT molecular complexity index is 1480. The average Bonchev–Trinajstić information content (AvgIpc) is 3.70. The van der Waals surface area contributed by atoms with Gasteiger partial charge >= 0.3 is 0 Å². The summed E-state index contributed by atoms with van der Waals surface area (Å²) in [5.74, 6) is 1.06. The van der Waals surface area contributed by atoms with Crippen molar-refractivity contribution in [3.63, 3.8) is 0 Å². The first kappa shape index (κ1) is 32.3. The first-order valence-corrected chi connectivity index (χ1v) is 16.2. The molecule has 1 saturated heterocycles. The van der Waals surface area contributed by atoms with Crippen molar-refractivity contribution in [1.29, 1.82) is 10.7 Å². The van der Waals surface area contributed by atoms with Crippen molar-refractivity contribution in [2.24, 2.45) is 5.92 Å². The van der Waals surface area contributed by atoms with Gasteiger partial charge in [0.25, 0.3) is 5.91 Å². The van der Waals surface area contributed by atoms with Crippen LogP contribution >= 0.6 is 0 Å². The van der Waals surface area contributed by atoms with Crippen LogP contribution in [0.2, 0.25) is 0 Å². The molecule has 45 heavy (non-hydrogen) atoms. The molecule has 0 aromatic heterocycles. The van der Waals surface area contributed by atoms with Crippen LogP contribution in [0.15, 0.2) is 55.3 Å². The SMILES string of the molecule is C=C(c1ccc2c(c1)CCc1cc(C(=O)N(C)C)ccc1C2(CCNCC(=C)N1C(C#N)C[C@@H]2C[C@@H]21)C(=N)NC(C)C)N(C)C. The fraction of sp³-hybridized carbons (Fsp3) is 0.486. The number of fused-ring (bicyclic) bond motifs is 3. The zero-order chi connectivity index (χ0) is 32.6. The highest BCUT2D eigenvalue weighted by Crippen LogP contribution is 2.49. The molecule has 3 aliphatic rings. The summed E-state index contributed by atoms with van der Waals surface area (Å²) in [6.45, 7) is 14.1. The molecule has 2 aromatic carbocycles. The van der Waals surface area contributed by atoms with E-state index in [4.69, 9.17) is 0 Å². The van der Waals surface area contributed by atoms with Gasteiger partial charge in [0.1, 0.15) is 11.9 Å². The zero-order valence-electron chi connectivity index (χ0n) is 27.8. The van der Waals surface area contributed by atoms with Gasteiger partial charge in [-0.3, -0.25) is 10.2 Å². The van der Waals surface area contributed by atoms with Crippen LogP contribution in [-0.2, 0) is 18.3 Å². The minimum atomic E-state index is -0.762. The van der Waals surface area contributed by atoms with Gasteiger partial charge in [0.05, 0.1) is 11.5 Å². The third-order valence-electron chi connectivity index (χ3n) is 9.80. The van der Waals surface area contributed by atoms with E-state index >= 15 is 0 Å². The molecule has 5 rings (SSSR count). The number of amides is 1. The number of piperidine rings is 1. The molecule has 0 bridgehead atoms. The Kier molecular flexibility index (Phi) is 9.14. The van der Waals surface area contributed by atoms with Crippen LogP contribution in [0, 0.1) is 22.7 Å². The van der Waals surface area contributed by atoms with Crippen molar-refractivity contribution in [2.75, 3.05) is 41.3 Å². The van der Waals surface area contributed by atoms with E-state index in [0.717, 1.165) is 59.3 Å². The largest absolute Gasteiger partial charge is 0.378 e. The molecule has 2 unspecified atom stereocenters. The summed E-state index contributed by atoms with van der Waals surface area (Å²) in [7, 11) is 7.56. The monoisotopic (exact) mass is 607 g/mol. The molecule has 2 aromatic rings. The Morgan fingerprint density at radius 1 is 1.04 bits per heavy atom. The molecule has 3 N–H and O–H groups in total. The Balaban J connectivity index is 1.55. The van der Waals surface area contributed by atoms with Crippen LogP contribution in [0.3, 0.4) is 0 Å². The number of nitrogens with zero attached hydrogens (tertiary/aromatic N) is 4. The minimum Gasteiger partial charge on any atom is -0.378 e. The normalized spacial score (nSPS) is 22.8. The maximum atomic E-state index is 13.0. The summed E-state index contributed by atoms with van der Waals surface area (Å²) >= 11 is 0. The predicted octanol–water partition coefficient (Wildman–Crippen LogP) is 4.76. The Morgan fingerprint density at radius 3 is 2.24 bits per heavy atom. The van der Waals surface area contributed by atoms with Gasteiger partial charge in [-0.25, -0.2) is 0 Å². The summed E-state index contributed by atoms with van der Waals surface area (Å²) < 4.78 is 0. The second kappa shape index (κ2) is 12.7. The lowest BCUT2D eigenvalue weighted by Crippen LogP contribution is -2.49. The van der Waals surface area contributed by atoms with E-state index in [1.54, 1.807) is 19.0 Å². The van der Waals surface area contributed by atoms with Crippen molar-refractivity contribution >= 4 is 17.4 Å². The number of carbonyl (C=O) groups is 1. The molecule has 4 atom stereocenters. The van der Waals surface area contributed by atoms with E-state index in [0.29, 0.717) is 42.9 Å². The standard InChI is InChI=1S/C37H49N7O/c1-23(2)41-36(39)37(15-16-40-22-24(3)44-31(21-38)19-30-20-34(30)44)32-13-11-26(25(4)42(5)6)17-27(32)9-10-28-18-29(12-14-33(28)37)35(45)43(7)8/h11-14,17-18,23,30-31,34,40H,3-4,9-10,15-16,19-20,22H2,1-2,5-8H3,(H2,39,41)/t30-,31?,34+,37?/m1/s1. The lowest BCUT2D eigenvalue weighted by Gasteiger charge is -2.39. The number of nitrogens with one attached hydrogen (secondary N) is 3. The molecule has 1 heterocycles. The second-order valence-corrected chi connectivity index (χ2v) is 13.7. The Hall–Kier alpha value is -4.09. The highest BCUT2D eigenvalue weighted by molar-refractivity contribution is 5.97. The first-order chi connectivity index (χ1) is 21.4. The molecular weight excluding hydrogens is 558 g/mol. The number of carbonyl (C=O) groups excluding carboxylic acids is 1. The van der Waals surface area contributed by atoms with Crippen LogP contribution in [0.5, 0.6) is 0 Å².